The van der Waals surface area contributed by atoms with Crippen molar-refractivity contribution in [1.82, 2.24) is 0 Å². The van der Waals surface area contributed by atoms with E-state index in [1.807, 2.05) is 0 Å². The Balaban J connectivity index is 1.89. The third-order valence-corrected chi connectivity index (χ3v) is 3.43. The van der Waals surface area contributed by atoms with Crippen LogP contribution in [0, 0.1) is 11.8 Å². The molecule has 0 saturated heterocycles. The third kappa shape index (κ3) is 1.82. The number of carbonyl (C=O) groups is 2. The van der Waals surface area contributed by atoms with Crippen LogP contribution in [0.3, 0.4) is 0 Å². The van der Waals surface area contributed by atoms with Gasteiger partial charge in [-0.2, -0.15) is 0 Å². The molecule has 0 aromatic carbocycles. The molecule has 0 unspecified atom stereocenters. The van der Waals surface area contributed by atoms with Gasteiger partial charge in [0.15, 0.2) is 0 Å². The molecular formula is C11H16O2. The molecule has 0 spiro atoms. The van der Waals surface area contributed by atoms with E-state index in [0.29, 0.717) is 11.6 Å². The highest BCUT2D eigenvalue weighted by Gasteiger charge is 2.32. The molecular weight excluding hydrogens is 164 g/mol. The second-order valence-corrected chi connectivity index (χ2v) is 4.35. The standard InChI is InChI=1S/C11H16O2/c12-10-5-1-3-8(10)7-9-4-2-6-11(9)13/h8-9H,1-7H2/t8-,9+. The van der Waals surface area contributed by atoms with Gasteiger partial charge in [-0.15, -0.1) is 0 Å². The van der Waals surface area contributed by atoms with E-state index < -0.39 is 0 Å². The minimum atomic E-state index is 0.229. The highest BCUT2D eigenvalue weighted by Crippen LogP contribution is 2.33. The zero-order valence-electron chi connectivity index (χ0n) is 7.92. The largest absolute Gasteiger partial charge is 0.299 e. The Bertz CT molecular complexity index is 208. The summed E-state index contributed by atoms with van der Waals surface area (Å²) in [6, 6.07) is 0. The Morgan fingerprint density at radius 2 is 1.38 bits per heavy atom. The van der Waals surface area contributed by atoms with Crippen LogP contribution in [-0.2, 0) is 9.59 Å². The fourth-order valence-electron chi connectivity index (χ4n) is 2.62. The van der Waals surface area contributed by atoms with E-state index in [9.17, 15) is 9.59 Å². The second kappa shape index (κ2) is 3.60. The summed E-state index contributed by atoms with van der Waals surface area (Å²) in [5, 5.41) is 0. The second-order valence-electron chi connectivity index (χ2n) is 4.35. The fraction of sp³-hybridized carbons (Fsp3) is 0.818. The fourth-order valence-corrected chi connectivity index (χ4v) is 2.62. The monoisotopic (exact) mass is 180 g/mol. The maximum absolute atomic E-state index is 11.4. The number of carbonyl (C=O) groups excluding carboxylic acids is 2. The molecule has 2 heteroatoms. The van der Waals surface area contributed by atoms with E-state index in [-0.39, 0.29) is 11.8 Å². The molecule has 2 rings (SSSR count). The molecule has 2 saturated carbocycles. The minimum Gasteiger partial charge on any atom is -0.299 e. The van der Waals surface area contributed by atoms with Crippen molar-refractivity contribution >= 4 is 11.6 Å². The van der Waals surface area contributed by atoms with Crippen molar-refractivity contribution < 1.29 is 9.59 Å². The number of ketones is 2. The smallest absolute Gasteiger partial charge is 0.136 e. The zero-order valence-corrected chi connectivity index (χ0v) is 7.92. The number of hydrogen-bond donors (Lipinski definition) is 0. The average molecular weight is 180 g/mol. The Hall–Kier alpha value is -0.660. The van der Waals surface area contributed by atoms with Crippen LogP contribution in [0.1, 0.15) is 44.9 Å². The molecule has 2 atom stereocenters. The van der Waals surface area contributed by atoms with Gasteiger partial charge in [0, 0.05) is 24.7 Å². The van der Waals surface area contributed by atoms with E-state index in [2.05, 4.69) is 0 Å². The first-order chi connectivity index (χ1) is 6.27. The van der Waals surface area contributed by atoms with Crippen LogP contribution < -0.4 is 0 Å². The average Bonchev–Trinajstić information content (AvgIpc) is 2.65. The van der Waals surface area contributed by atoms with Crippen LogP contribution in [0.5, 0.6) is 0 Å². The number of Topliss-reactive ketones (excluding diaryl/α,β-unsaturated/α-hetero) is 2. The van der Waals surface area contributed by atoms with Crippen molar-refractivity contribution in [2.45, 2.75) is 44.9 Å². The summed E-state index contributed by atoms with van der Waals surface area (Å²) < 4.78 is 0. The third-order valence-electron chi connectivity index (χ3n) is 3.43. The van der Waals surface area contributed by atoms with E-state index in [1.165, 1.54) is 0 Å². The number of rotatable bonds is 2. The van der Waals surface area contributed by atoms with Crippen LogP contribution in [0.2, 0.25) is 0 Å². The highest BCUT2D eigenvalue weighted by atomic mass is 16.1. The van der Waals surface area contributed by atoms with Gasteiger partial charge < -0.3 is 0 Å². The first kappa shape index (κ1) is 8.92. The summed E-state index contributed by atoms with van der Waals surface area (Å²) in [4.78, 5) is 22.7. The lowest BCUT2D eigenvalue weighted by atomic mass is 9.91. The first-order valence-corrected chi connectivity index (χ1v) is 5.33. The van der Waals surface area contributed by atoms with Gasteiger partial charge >= 0.3 is 0 Å². The van der Waals surface area contributed by atoms with Gasteiger partial charge in [0.1, 0.15) is 11.6 Å². The molecule has 2 aliphatic rings. The maximum atomic E-state index is 11.4. The van der Waals surface area contributed by atoms with Crippen LogP contribution in [-0.4, -0.2) is 11.6 Å². The Morgan fingerprint density at radius 1 is 0.923 bits per heavy atom. The normalized spacial score (nSPS) is 34.5. The van der Waals surface area contributed by atoms with Crippen LogP contribution in [0.25, 0.3) is 0 Å². The number of hydrogen-bond acceptors (Lipinski definition) is 2. The Labute approximate surface area is 78.7 Å². The predicted molar refractivity (Wildman–Crippen MR) is 49.3 cm³/mol. The summed E-state index contributed by atoms with van der Waals surface area (Å²) in [7, 11) is 0. The van der Waals surface area contributed by atoms with Crippen molar-refractivity contribution in [3.8, 4) is 0 Å². The molecule has 0 heterocycles. The molecule has 0 aromatic rings. The van der Waals surface area contributed by atoms with Crippen LogP contribution in [0.4, 0.5) is 0 Å². The lowest BCUT2D eigenvalue weighted by Crippen LogP contribution is -2.15. The topological polar surface area (TPSA) is 34.1 Å². The van der Waals surface area contributed by atoms with Crippen molar-refractivity contribution in [2.24, 2.45) is 11.8 Å². The predicted octanol–water partition coefficient (Wildman–Crippen LogP) is 2.11. The SMILES string of the molecule is O=C1CCC[C@@H]1C[C@@H]1CCCC1=O. The molecule has 2 aliphatic carbocycles. The molecule has 0 bridgehead atoms. The van der Waals surface area contributed by atoms with Gasteiger partial charge in [0.25, 0.3) is 0 Å². The lowest BCUT2D eigenvalue weighted by Gasteiger charge is -2.12. The van der Waals surface area contributed by atoms with Crippen molar-refractivity contribution in [3.05, 3.63) is 0 Å². The van der Waals surface area contributed by atoms with Crippen LogP contribution >= 0.6 is 0 Å². The van der Waals surface area contributed by atoms with E-state index in [4.69, 9.17) is 0 Å². The molecule has 0 aromatic heterocycles. The molecule has 0 aliphatic heterocycles. The lowest BCUT2D eigenvalue weighted by molar-refractivity contribution is -0.123. The van der Waals surface area contributed by atoms with Gasteiger partial charge in [0.2, 0.25) is 0 Å². The van der Waals surface area contributed by atoms with Gasteiger partial charge in [-0.1, -0.05) is 0 Å². The van der Waals surface area contributed by atoms with E-state index in [1.54, 1.807) is 0 Å². The van der Waals surface area contributed by atoms with Gasteiger partial charge in [-0.05, 0) is 32.1 Å². The van der Waals surface area contributed by atoms with Crippen molar-refractivity contribution in [2.75, 3.05) is 0 Å². The van der Waals surface area contributed by atoms with Gasteiger partial charge in [-0.25, -0.2) is 0 Å². The van der Waals surface area contributed by atoms with Gasteiger partial charge in [-0.3, -0.25) is 9.59 Å². The molecule has 0 radical (unpaired) electrons. The summed E-state index contributed by atoms with van der Waals surface area (Å²) in [5.74, 6) is 1.26. The van der Waals surface area contributed by atoms with Crippen molar-refractivity contribution in [1.29, 1.82) is 0 Å². The molecule has 0 amide bonds. The summed E-state index contributed by atoms with van der Waals surface area (Å²) in [6.45, 7) is 0. The molecule has 2 nitrogen and oxygen atoms in total. The van der Waals surface area contributed by atoms with E-state index >= 15 is 0 Å². The summed E-state index contributed by atoms with van der Waals surface area (Å²) in [5.41, 5.74) is 0. The molecule has 72 valence electrons. The Kier molecular flexibility index (Phi) is 2.47. The molecule has 13 heavy (non-hydrogen) atoms. The van der Waals surface area contributed by atoms with Crippen molar-refractivity contribution in [3.63, 3.8) is 0 Å². The van der Waals surface area contributed by atoms with Crippen LogP contribution in [0.15, 0.2) is 0 Å². The van der Waals surface area contributed by atoms with Gasteiger partial charge in [0.05, 0.1) is 0 Å². The summed E-state index contributed by atoms with van der Waals surface area (Å²) >= 11 is 0. The molecule has 2 fully saturated rings. The highest BCUT2D eigenvalue weighted by molar-refractivity contribution is 5.86. The zero-order chi connectivity index (χ0) is 9.26. The summed E-state index contributed by atoms with van der Waals surface area (Å²) in [6.07, 6.45) is 6.52. The first-order valence-electron chi connectivity index (χ1n) is 5.33. The maximum Gasteiger partial charge on any atom is 0.136 e. The van der Waals surface area contributed by atoms with E-state index in [0.717, 1.165) is 44.9 Å². The minimum absolute atomic E-state index is 0.229. The Morgan fingerprint density at radius 3 is 1.69 bits per heavy atom. The quantitative estimate of drug-likeness (QED) is 0.652. The molecule has 0 N–H and O–H groups in total.